The molecule has 2 nitrogen and oxygen atoms in total. The van der Waals surface area contributed by atoms with E-state index in [1.54, 1.807) is 0 Å². The minimum Gasteiger partial charge on any atom is -0.394 e. The van der Waals surface area contributed by atoms with Crippen molar-refractivity contribution < 1.29 is 18.3 Å². The minimum absolute atomic E-state index is 0.206. The monoisotopic (exact) mass is 261 g/mol. The van der Waals surface area contributed by atoms with Gasteiger partial charge in [0.1, 0.15) is 0 Å². The van der Waals surface area contributed by atoms with E-state index in [9.17, 15) is 18.3 Å². The second kappa shape index (κ2) is 6.75. The molecule has 0 fully saturated rings. The van der Waals surface area contributed by atoms with Crippen molar-refractivity contribution in [3.63, 3.8) is 0 Å². The van der Waals surface area contributed by atoms with Crippen molar-refractivity contribution in [1.29, 1.82) is 0 Å². The van der Waals surface area contributed by atoms with Crippen LogP contribution < -0.4 is 5.32 Å². The Kier molecular flexibility index (Phi) is 5.62. The maximum Gasteiger partial charge on any atom is 0.194 e. The first-order valence-corrected chi connectivity index (χ1v) is 5.98. The third-order valence-electron chi connectivity index (χ3n) is 3.00. The van der Waals surface area contributed by atoms with Crippen LogP contribution in [0.25, 0.3) is 0 Å². The van der Waals surface area contributed by atoms with E-state index in [0.29, 0.717) is 12.5 Å². The number of hydrogen-bond donors (Lipinski definition) is 2. The maximum absolute atomic E-state index is 13.1. The van der Waals surface area contributed by atoms with Crippen LogP contribution in [0.4, 0.5) is 13.2 Å². The van der Waals surface area contributed by atoms with Gasteiger partial charge in [-0.25, -0.2) is 13.2 Å². The maximum atomic E-state index is 13.1. The van der Waals surface area contributed by atoms with Crippen LogP contribution >= 0.6 is 0 Å². The Balaban J connectivity index is 2.82. The summed E-state index contributed by atoms with van der Waals surface area (Å²) in [6.45, 7) is 4.36. The molecule has 0 radical (unpaired) electrons. The highest BCUT2D eigenvalue weighted by atomic mass is 19.2. The van der Waals surface area contributed by atoms with Gasteiger partial charge in [-0.05, 0) is 30.2 Å². The van der Waals surface area contributed by atoms with Crippen LogP contribution in [0.1, 0.15) is 31.9 Å². The number of rotatable bonds is 6. The molecule has 1 aromatic rings. The summed E-state index contributed by atoms with van der Waals surface area (Å²) in [5.41, 5.74) is 0.206. The van der Waals surface area contributed by atoms with E-state index in [1.807, 2.05) is 13.8 Å². The van der Waals surface area contributed by atoms with Gasteiger partial charge in [-0.1, -0.05) is 20.3 Å². The van der Waals surface area contributed by atoms with E-state index in [-0.39, 0.29) is 12.2 Å². The summed E-state index contributed by atoms with van der Waals surface area (Å²) in [6, 6.07) is 1.22. The third-order valence-corrected chi connectivity index (χ3v) is 3.00. The largest absolute Gasteiger partial charge is 0.394 e. The summed E-state index contributed by atoms with van der Waals surface area (Å²) in [4.78, 5) is 0. The van der Waals surface area contributed by atoms with Crippen LogP contribution in [-0.2, 0) is 0 Å². The van der Waals surface area contributed by atoms with Crippen LogP contribution in [0, 0.1) is 23.4 Å². The second-order valence-corrected chi connectivity index (χ2v) is 4.46. The number of hydrogen-bond acceptors (Lipinski definition) is 2. The molecule has 1 aromatic carbocycles. The van der Waals surface area contributed by atoms with Crippen molar-refractivity contribution in [3.05, 3.63) is 35.1 Å². The Morgan fingerprint density at radius 1 is 1.22 bits per heavy atom. The molecule has 2 N–H and O–H groups in total. The van der Waals surface area contributed by atoms with Crippen molar-refractivity contribution in [2.24, 2.45) is 5.92 Å². The Bertz CT molecular complexity index is 375. The van der Waals surface area contributed by atoms with Gasteiger partial charge in [-0.2, -0.15) is 0 Å². The summed E-state index contributed by atoms with van der Waals surface area (Å²) in [7, 11) is 0. The highest BCUT2D eigenvalue weighted by Gasteiger charge is 2.17. The smallest absolute Gasteiger partial charge is 0.194 e. The standard InChI is InChI=1S/C13H18F3NO/c1-3-8(2)6-17-12(7-18)9-4-10(14)13(16)11(15)5-9/h4-5,8,12,17-18H,3,6-7H2,1-2H3. The lowest BCUT2D eigenvalue weighted by atomic mass is 10.0. The fourth-order valence-corrected chi connectivity index (χ4v) is 1.55. The van der Waals surface area contributed by atoms with Crippen LogP contribution in [0.15, 0.2) is 12.1 Å². The molecule has 0 heterocycles. The molecular weight excluding hydrogens is 243 g/mol. The van der Waals surface area contributed by atoms with E-state index in [2.05, 4.69) is 5.32 Å². The normalized spacial score (nSPS) is 14.6. The Labute approximate surface area is 105 Å². The highest BCUT2D eigenvalue weighted by Crippen LogP contribution is 2.19. The quantitative estimate of drug-likeness (QED) is 0.772. The second-order valence-electron chi connectivity index (χ2n) is 4.46. The Morgan fingerprint density at radius 2 is 1.78 bits per heavy atom. The van der Waals surface area contributed by atoms with Gasteiger partial charge in [0, 0.05) is 0 Å². The van der Waals surface area contributed by atoms with Gasteiger partial charge in [0.2, 0.25) is 0 Å². The third kappa shape index (κ3) is 3.71. The van der Waals surface area contributed by atoms with Gasteiger partial charge >= 0.3 is 0 Å². The van der Waals surface area contributed by atoms with Gasteiger partial charge in [-0.15, -0.1) is 0 Å². The van der Waals surface area contributed by atoms with E-state index in [1.165, 1.54) is 0 Å². The average molecular weight is 261 g/mol. The molecule has 0 amide bonds. The highest BCUT2D eigenvalue weighted by molar-refractivity contribution is 5.22. The predicted molar refractivity (Wildman–Crippen MR) is 63.6 cm³/mol. The molecule has 0 aliphatic carbocycles. The van der Waals surface area contributed by atoms with Crippen molar-refractivity contribution in [1.82, 2.24) is 5.32 Å². The molecule has 0 bridgehead atoms. The Morgan fingerprint density at radius 3 is 2.22 bits per heavy atom. The van der Waals surface area contributed by atoms with E-state index >= 15 is 0 Å². The van der Waals surface area contributed by atoms with Gasteiger partial charge < -0.3 is 10.4 Å². The van der Waals surface area contributed by atoms with E-state index < -0.39 is 23.5 Å². The number of aliphatic hydroxyl groups excluding tert-OH is 1. The molecule has 1 rings (SSSR count). The molecule has 102 valence electrons. The van der Waals surface area contributed by atoms with Crippen molar-refractivity contribution >= 4 is 0 Å². The van der Waals surface area contributed by atoms with Gasteiger partial charge in [0.15, 0.2) is 17.5 Å². The lowest BCUT2D eigenvalue weighted by Crippen LogP contribution is -2.28. The van der Waals surface area contributed by atoms with E-state index in [4.69, 9.17) is 0 Å². The first-order valence-electron chi connectivity index (χ1n) is 5.98. The molecule has 18 heavy (non-hydrogen) atoms. The predicted octanol–water partition coefficient (Wildman–Crippen LogP) is 2.77. The molecular formula is C13H18F3NO. The molecule has 0 saturated heterocycles. The number of nitrogens with one attached hydrogen (secondary N) is 1. The van der Waals surface area contributed by atoms with Gasteiger partial charge in [0.05, 0.1) is 12.6 Å². The molecule has 2 atom stereocenters. The first-order chi connectivity index (χ1) is 8.49. The van der Waals surface area contributed by atoms with Gasteiger partial charge in [-0.3, -0.25) is 0 Å². The fraction of sp³-hybridized carbons (Fsp3) is 0.538. The average Bonchev–Trinajstić information content (AvgIpc) is 2.36. The summed E-state index contributed by atoms with van der Waals surface area (Å²) in [5.74, 6) is -3.59. The SMILES string of the molecule is CCC(C)CNC(CO)c1cc(F)c(F)c(F)c1. The topological polar surface area (TPSA) is 32.3 Å². The zero-order valence-electron chi connectivity index (χ0n) is 10.5. The lowest BCUT2D eigenvalue weighted by Gasteiger charge is -2.19. The zero-order valence-corrected chi connectivity index (χ0v) is 10.5. The van der Waals surface area contributed by atoms with Crippen molar-refractivity contribution in [2.45, 2.75) is 26.3 Å². The summed E-state index contributed by atoms with van der Waals surface area (Å²) >= 11 is 0. The minimum atomic E-state index is -1.49. The van der Waals surface area contributed by atoms with Crippen LogP contribution in [0.3, 0.4) is 0 Å². The molecule has 5 heteroatoms. The summed E-state index contributed by atoms with van der Waals surface area (Å²) < 4.78 is 39.0. The summed E-state index contributed by atoms with van der Waals surface area (Å²) in [6.07, 6.45) is 0.956. The fourth-order valence-electron chi connectivity index (χ4n) is 1.55. The van der Waals surface area contributed by atoms with E-state index in [0.717, 1.165) is 18.6 Å². The van der Waals surface area contributed by atoms with Crippen molar-refractivity contribution in [2.75, 3.05) is 13.2 Å². The molecule has 2 unspecified atom stereocenters. The molecule has 0 aliphatic heterocycles. The van der Waals surface area contributed by atoms with Crippen LogP contribution in [-0.4, -0.2) is 18.3 Å². The molecule has 0 spiro atoms. The van der Waals surface area contributed by atoms with Gasteiger partial charge in [0.25, 0.3) is 0 Å². The van der Waals surface area contributed by atoms with Crippen molar-refractivity contribution in [3.8, 4) is 0 Å². The first kappa shape index (κ1) is 15.0. The van der Waals surface area contributed by atoms with Crippen LogP contribution in [0.2, 0.25) is 0 Å². The lowest BCUT2D eigenvalue weighted by molar-refractivity contribution is 0.238. The Hall–Kier alpha value is -1.07. The summed E-state index contributed by atoms with van der Waals surface area (Å²) in [5, 5.41) is 12.2. The zero-order chi connectivity index (χ0) is 13.7. The van der Waals surface area contributed by atoms with Crippen LogP contribution in [0.5, 0.6) is 0 Å². The number of aliphatic hydroxyl groups is 1. The molecule has 0 aliphatic rings. The number of benzene rings is 1. The molecule has 0 saturated carbocycles. The molecule has 0 aromatic heterocycles. The number of halogens is 3.